The largest absolute Gasteiger partial charge is 0.465 e. The van der Waals surface area contributed by atoms with E-state index >= 15 is 0 Å². The van der Waals surface area contributed by atoms with E-state index in [4.69, 9.17) is 0 Å². The van der Waals surface area contributed by atoms with Crippen LogP contribution in [0.15, 0.2) is 41.3 Å². The number of halogens is 3. The van der Waals surface area contributed by atoms with E-state index in [0.29, 0.717) is 24.0 Å². The summed E-state index contributed by atoms with van der Waals surface area (Å²) >= 11 is 0. The Balaban J connectivity index is 2.11. The zero-order valence-electron chi connectivity index (χ0n) is 18.7. The minimum Gasteiger partial charge on any atom is -0.465 e. The van der Waals surface area contributed by atoms with Crippen LogP contribution in [0, 0.1) is 0 Å². The summed E-state index contributed by atoms with van der Waals surface area (Å²) in [5.41, 5.74) is -0.115. The number of esters is 1. The van der Waals surface area contributed by atoms with Crippen LogP contribution in [-0.2, 0) is 27.4 Å². The first-order valence-electron chi connectivity index (χ1n) is 10.6. The van der Waals surface area contributed by atoms with Gasteiger partial charge in [-0.15, -0.1) is 0 Å². The number of alkyl halides is 3. The molecule has 0 aliphatic carbocycles. The molecule has 10 heteroatoms. The Morgan fingerprint density at radius 2 is 1.91 bits per heavy atom. The predicted molar refractivity (Wildman–Crippen MR) is 119 cm³/mol. The van der Waals surface area contributed by atoms with E-state index in [1.54, 1.807) is 6.92 Å². The summed E-state index contributed by atoms with van der Waals surface area (Å²) in [6, 6.07) is 7.09. The first-order chi connectivity index (χ1) is 15.5. The van der Waals surface area contributed by atoms with Crippen molar-refractivity contribution in [2.45, 2.75) is 49.7 Å². The van der Waals surface area contributed by atoms with E-state index in [1.165, 1.54) is 31.4 Å². The summed E-state index contributed by atoms with van der Waals surface area (Å²) in [6.45, 7) is 2.51. The molecule has 1 heterocycles. The fraction of sp³-hybridized carbons (Fsp3) is 0.435. The number of methoxy groups -OCH3 is 1. The van der Waals surface area contributed by atoms with Gasteiger partial charge < -0.3 is 4.74 Å². The lowest BCUT2D eigenvalue weighted by molar-refractivity contribution is -0.137. The molecular weight excluding hydrogens is 457 g/mol. The van der Waals surface area contributed by atoms with Crippen LogP contribution in [0.25, 0.3) is 0 Å². The van der Waals surface area contributed by atoms with Gasteiger partial charge in [-0.3, -0.25) is 9.62 Å². The van der Waals surface area contributed by atoms with E-state index in [0.717, 1.165) is 31.5 Å². The number of rotatable bonds is 6. The van der Waals surface area contributed by atoms with Crippen molar-refractivity contribution in [3.05, 3.63) is 58.7 Å². The minimum absolute atomic E-state index is 0.0337. The summed E-state index contributed by atoms with van der Waals surface area (Å²) in [7, 11) is -1.26. The van der Waals surface area contributed by atoms with Crippen LogP contribution in [0.4, 0.5) is 18.9 Å². The maximum absolute atomic E-state index is 13.4. The lowest BCUT2D eigenvalue weighted by Gasteiger charge is -2.34. The number of carbonyl (C=O) groups is 1. The van der Waals surface area contributed by atoms with Crippen LogP contribution in [-0.4, -0.2) is 40.0 Å². The van der Waals surface area contributed by atoms with Crippen LogP contribution in [0.2, 0.25) is 0 Å². The number of ether oxygens (including phenoxy) is 1. The summed E-state index contributed by atoms with van der Waals surface area (Å²) in [6.07, 6.45) is -1.72. The van der Waals surface area contributed by atoms with E-state index in [2.05, 4.69) is 9.46 Å². The number of nitrogens with zero attached hydrogens (tertiary/aromatic N) is 1. The lowest BCUT2D eigenvalue weighted by atomic mass is 9.93. The molecule has 0 saturated carbocycles. The molecule has 1 saturated heterocycles. The number of anilines is 1. The van der Waals surface area contributed by atoms with Gasteiger partial charge in [0.15, 0.2) is 0 Å². The van der Waals surface area contributed by atoms with Crippen molar-refractivity contribution in [3.8, 4) is 0 Å². The number of sulfonamides is 1. The monoisotopic (exact) mass is 484 g/mol. The van der Waals surface area contributed by atoms with E-state index in [1.807, 2.05) is 11.9 Å². The standard InChI is InChI=1S/C23H27F3N2O4S/c1-4-15-8-9-16(22(29)32-3)13-21(15)33(30,31)27-19-14-17(23(24,25)26)10-11-18(19)20-7-5-6-12-28(20)2/h8-11,13-14,20,27H,4-7,12H2,1-3H3. The van der Waals surface area contributed by atoms with Gasteiger partial charge in [0.05, 0.1) is 28.8 Å². The first-order valence-corrected chi connectivity index (χ1v) is 12.1. The number of benzene rings is 2. The van der Waals surface area contributed by atoms with Gasteiger partial charge >= 0.3 is 12.1 Å². The minimum atomic E-state index is -4.63. The average Bonchev–Trinajstić information content (AvgIpc) is 2.77. The fourth-order valence-electron chi connectivity index (χ4n) is 4.12. The van der Waals surface area contributed by atoms with E-state index < -0.39 is 27.7 Å². The van der Waals surface area contributed by atoms with Crippen LogP contribution in [0.1, 0.15) is 59.3 Å². The summed E-state index contributed by atoms with van der Waals surface area (Å²) in [4.78, 5) is 13.8. The van der Waals surface area contributed by atoms with Gasteiger partial charge in [0, 0.05) is 6.04 Å². The molecule has 6 nitrogen and oxygen atoms in total. The van der Waals surface area contributed by atoms with Crippen molar-refractivity contribution < 1.29 is 31.1 Å². The molecule has 0 amide bonds. The average molecular weight is 485 g/mol. The zero-order chi connectivity index (χ0) is 24.4. The van der Waals surface area contributed by atoms with E-state index in [-0.39, 0.29) is 22.2 Å². The van der Waals surface area contributed by atoms with Gasteiger partial charge in [0.2, 0.25) is 0 Å². The highest BCUT2D eigenvalue weighted by molar-refractivity contribution is 7.92. The highest BCUT2D eigenvalue weighted by atomic mass is 32.2. The molecule has 1 unspecified atom stereocenters. The molecule has 1 aliphatic rings. The van der Waals surface area contributed by atoms with Crippen molar-refractivity contribution in [1.29, 1.82) is 0 Å². The number of hydrogen-bond acceptors (Lipinski definition) is 5. The molecule has 1 atom stereocenters. The Labute approximate surface area is 191 Å². The van der Waals surface area contributed by atoms with Crippen molar-refractivity contribution in [3.63, 3.8) is 0 Å². The Morgan fingerprint density at radius 3 is 2.52 bits per heavy atom. The third-order valence-electron chi connectivity index (χ3n) is 5.91. The number of likely N-dealkylation sites (tertiary alicyclic amines) is 1. The molecule has 33 heavy (non-hydrogen) atoms. The zero-order valence-corrected chi connectivity index (χ0v) is 19.5. The third kappa shape index (κ3) is 5.50. The third-order valence-corrected chi connectivity index (χ3v) is 7.36. The lowest BCUT2D eigenvalue weighted by Crippen LogP contribution is -2.30. The molecule has 0 bridgehead atoms. The molecule has 1 aliphatic heterocycles. The van der Waals surface area contributed by atoms with Crippen LogP contribution in [0.3, 0.4) is 0 Å². The first kappa shape index (κ1) is 25.0. The molecule has 1 N–H and O–H groups in total. The molecule has 180 valence electrons. The Hall–Kier alpha value is -2.59. The number of nitrogens with one attached hydrogen (secondary N) is 1. The topological polar surface area (TPSA) is 75.7 Å². The van der Waals surface area contributed by atoms with Crippen molar-refractivity contribution in [2.24, 2.45) is 0 Å². The molecule has 3 rings (SSSR count). The van der Waals surface area contributed by atoms with Gasteiger partial charge in [0.25, 0.3) is 10.0 Å². The molecule has 0 aromatic heterocycles. The van der Waals surface area contributed by atoms with Crippen molar-refractivity contribution in [2.75, 3.05) is 25.4 Å². The highest BCUT2D eigenvalue weighted by Crippen LogP contribution is 2.39. The van der Waals surface area contributed by atoms with Crippen LogP contribution in [0.5, 0.6) is 0 Å². The van der Waals surface area contributed by atoms with Crippen molar-refractivity contribution in [1.82, 2.24) is 4.90 Å². The molecule has 0 radical (unpaired) electrons. The van der Waals surface area contributed by atoms with Crippen LogP contribution < -0.4 is 4.72 Å². The second-order valence-corrected chi connectivity index (χ2v) is 9.72. The maximum Gasteiger partial charge on any atom is 0.416 e. The molecule has 1 fully saturated rings. The summed E-state index contributed by atoms with van der Waals surface area (Å²) in [5.74, 6) is -0.710. The molecule has 0 spiro atoms. The predicted octanol–water partition coefficient (Wildman–Crippen LogP) is 5.01. The second-order valence-electron chi connectivity index (χ2n) is 8.07. The maximum atomic E-state index is 13.4. The van der Waals surface area contributed by atoms with Gasteiger partial charge in [-0.05, 0) is 68.2 Å². The molecule has 2 aromatic carbocycles. The van der Waals surface area contributed by atoms with Gasteiger partial charge in [-0.25, -0.2) is 13.2 Å². The molecule has 2 aromatic rings. The SMILES string of the molecule is CCc1ccc(C(=O)OC)cc1S(=O)(=O)Nc1cc(C(F)(F)F)ccc1C1CCCCN1C. The van der Waals surface area contributed by atoms with Crippen LogP contribution >= 0.6 is 0 Å². The van der Waals surface area contributed by atoms with Gasteiger partial charge in [0.1, 0.15) is 0 Å². The highest BCUT2D eigenvalue weighted by Gasteiger charge is 2.33. The Morgan fingerprint density at radius 1 is 1.18 bits per heavy atom. The normalized spacial score (nSPS) is 17.6. The molecular formula is C23H27F3N2O4S. The smallest absolute Gasteiger partial charge is 0.416 e. The number of aryl methyl sites for hydroxylation is 1. The van der Waals surface area contributed by atoms with E-state index in [9.17, 15) is 26.4 Å². The number of piperidine rings is 1. The number of carbonyl (C=O) groups excluding carboxylic acids is 1. The van der Waals surface area contributed by atoms with Gasteiger partial charge in [-0.2, -0.15) is 13.2 Å². The number of hydrogen-bond donors (Lipinski definition) is 1. The summed E-state index contributed by atoms with van der Waals surface area (Å²) in [5, 5.41) is 0. The van der Waals surface area contributed by atoms with Crippen molar-refractivity contribution >= 4 is 21.7 Å². The van der Waals surface area contributed by atoms with Gasteiger partial charge in [-0.1, -0.05) is 25.5 Å². The quantitative estimate of drug-likeness (QED) is 0.584. The fourth-order valence-corrected chi connectivity index (χ4v) is 5.54. The summed E-state index contributed by atoms with van der Waals surface area (Å²) < 4.78 is 74.1. The Bertz CT molecular complexity index is 1130. The second kappa shape index (κ2) is 9.72. The Kier molecular flexibility index (Phi) is 7.38.